The average Bonchev–Trinajstić information content (AvgIpc) is 3.10. The van der Waals surface area contributed by atoms with Crippen LogP contribution in [-0.4, -0.2) is 23.6 Å². The number of nitriles is 1. The summed E-state index contributed by atoms with van der Waals surface area (Å²) in [6.07, 6.45) is 3.02. The Morgan fingerprint density at radius 3 is 2.47 bits per heavy atom. The largest absolute Gasteiger partial charge is 0.348 e. The zero-order valence-electron chi connectivity index (χ0n) is 18.6. The minimum Gasteiger partial charge on any atom is -0.348 e. The molecule has 1 saturated heterocycles. The Hall–Kier alpha value is -3.30. The summed E-state index contributed by atoms with van der Waals surface area (Å²) < 4.78 is 0. The van der Waals surface area contributed by atoms with Crippen molar-refractivity contribution in [3.63, 3.8) is 0 Å². The van der Waals surface area contributed by atoms with Crippen LogP contribution >= 0.6 is 11.8 Å². The number of rotatable bonds is 7. The molecular formula is C26H27N3O2S. The summed E-state index contributed by atoms with van der Waals surface area (Å²) in [7, 11) is 0. The van der Waals surface area contributed by atoms with Crippen LogP contribution in [0.4, 0.5) is 5.69 Å². The van der Waals surface area contributed by atoms with E-state index in [0.717, 1.165) is 23.1 Å². The fourth-order valence-electron chi connectivity index (χ4n) is 3.46. The van der Waals surface area contributed by atoms with Crippen molar-refractivity contribution in [2.75, 3.05) is 11.4 Å². The standard InChI is InChI=1S/C26H27N3O2S/c1-5-13-28-24(30)22(16-27)26-29(21-12-7-17(3)18(4)14-21)25(31)23(32-26)15-20-10-8-19(6-2)9-11-20/h5,7-12,14,23H,1,6,13,15H2,2-4H3,(H,28,30)/b26-22-. The molecule has 0 bridgehead atoms. The third-order valence-corrected chi connectivity index (χ3v) is 6.78. The van der Waals surface area contributed by atoms with Gasteiger partial charge in [0, 0.05) is 12.2 Å². The van der Waals surface area contributed by atoms with E-state index < -0.39 is 11.2 Å². The SMILES string of the molecule is C=CCNC(=O)/C(C#N)=C1\SC(Cc2ccc(CC)cc2)C(=O)N1c1ccc(C)c(C)c1. The highest BCUT2D eigenvalue weighted by Crippen LogP contribution is 2.42. The van der Waals surface area contributed by atoms with E-state index in [-0.39, 0.29) is 18.0 Å². The van der Waals surface area contributed by atoms with Gasteiger partial charge in [-0.25, -0.2) is 0 Å². The lowest BCUT2D eigenvalue weighted by Gasteiger charge is -2.19. The van der Waals surface area contributed by atoms with Crippen molar-refractivity contribution in [2.24, 2.45) is 0 Å². The number of nitrogens with one attached hydrogen (secondary N) is 1. The number of hydrogen-bond acceptors (Lipinski definition) is 4. The molecule has 164 valence electrons. The van der Waals surface area contributed by atoms with E-state index >= 15 is 0 Å². The minimum atomic E-state index is -0.510. The van der Waals surface area contributed by atoms with Crippen LogP contribution in [0.3, 0.4) is 0 Å². The first-order valence-electron chi connectivity index (χ1n) is 10.6. The molecule has 0 spiro atoms. The summed E-state index contributed by atoms with van der Waals surface area (Å²) in [5.74, 6) is -0.637. The normalized spacial score (nSPS) is 17.1. The summed E-state index contributed by atoms with van der Waals surface area (Å²) in [5, 5.41) is 12.4. The maximum absolute atomic E-state index is 13.5. The lowest BCUT2D eigenvalue weighted by molar-refractivity contribution is -0.117. The highest BCUT2D eigenvalue weighted by Gasteiger charge is 2.40. The van der Waals surface area contributed by atoms with Crippen LogP contribution < -0.4 is 10.2 Å². The third-order valence-electron chi connectivity index (χ3n) is 5.51. The quantitative estimate of drug-likeness (QED) is 0.384. The average molecular weight is 446 g/mol. The molecule has 1 aliphatic rings. The molecule has 0 saturated carbocycles. The molecule has 1 unspecified atom stereocenters. The van der Waals surface area contributed by atoms with Gasteiger partial charge in [-0.2, -0.15) is 5.26 Å². The first kappa shape index (κ1) is 23.4. The van der Waals surface area contributed by atoms with Gasteiger partial charge in [-0.05, 0) is 61.1 Å². The molecular weight excluding hydrogens is 418 g/mol. The van der Waals surface area contributed by atoms with E-state index in [1.165, 1.54) is 22.2 Å². The van der Waals surface area contributed by atoms with E-state index in [0.29, 0.717) is 17.1 Å². The second kappa shape index (κ2) is 10.3. The number of aryl methyl sites for hydroxylation is 3. The maximum Gasteiger partial charge on any atom is 0.264 e. The molecule has 1 fully saturated rings. The van der Waals surface area contributed by atoms with Crippen LogP contribution in [0.2, 0.25) is 0 Å². The van der Waals surface area contributed by atoms with Gasteiger partial charge in [-0.15, -0.1) is 6.58 Å². The molecule has 1 N–H and O–H groups in total. The van der Waals surface area contributed by atoms with Crippen LogP contribution in [0.5, 0.6) is 0 Å². The Morgan fingerprint density at radius 2 is 1.88 bits per heavy atom. The maximum atomic E-state index is 13.5. The predicted octanol–water partition coefficient (Wildman–Crippen LogP) is 4.59. The first-order valence-corrected chi connectivity index (χ1v) is 11.5. The molecule has 2 amide bonds. The molecule has 0 aliphatic carbocycles. The smallest absolute Gasteiger partial charge is 0.264 e. The molecule has 5 nitrogen and oxygen atoms in total. The van der Waals surface area contributed by atoms with Crippen LogP contribution in [0, 0.1) is 25.2 Å². The summed E-state index contributed by atoms with van der Waals surface area (Å²) in [6, 6.07) is 16.0. The predicted molar refractivity (Wildman–Crippen MR) is 130 cm³/mol. The molecule has 1 atom stereocenters. The fourth-order valence-corrected chi connectivity index (χ4v) is 4.77. The molecule has 32 heavy (non-hydrogen) atoms. The van der Waals surface area contributed by atoms with Gasteiger partial charge in [0.05, 0.1) is 5.25 Å². The Labute approximate surface area is 193 Å². The highest BCUT2D eigenvalue weighted by molar-refractivity contribution is 8.05. The molecule has 2 aromatic rings. The number of amides is 2. The molecule has 3 rings (SSSR count). The van der Waals surface area contributed by atoms with Crippen molar-refractivity contribution in [2.45, 2.75) is 38.9 Å². The first-order chi connectivity index (χ1) is 15.4. The number of anilines is 1. The van der Waals surface area contributed by atoms with Gasteiger partial charge in [-0.3, -0.25) is 14.5 Å². The van der Waals surface area contributed by atoms with Crippen LogP contribution in [-0.2, 0) is 22.4 Å². The molecule has 6 heteroatoms. The number of carbonyl (C=O) groups excluding carboxylic acids is 2. The minimum absolute atomic E-state index is 0.0627. The van der Waals surface area contributed by atoms with Crippen LogP contribution in [0.25, 0.3) is 0 Å². The molecule has 2 aromatic carbocycles. The monoisotopic (exact) mass is 445 g/mol. The van der Waals surface area contributed by atoms with E-state index in [4.69, 9.17) is 0 Å². The molecule has 0 radical (unpaired) electrons. The van der Waals surface area contributed by atoms with Crippen molar-refractivity contribution in [1.29, 1.82) is 5.26 Å². The lowest BCUT2D eigenvalue weighted by atomic mass is 10.0. The Kier molecular flexibility index (Phi) is 7.55. The molecule has 0 aromatic heterocycles. The molecule has 1 aliphatic heterocycles. The second-order valence-electron chi connectivity index (χ2n) is 7.71. The number of nitrogens with zero attached hydrogens (tertiary/aromatic N) is 2. The van der Waals surface area contributed by atoms with Gasteiger partial charge < -0.3 is 5.32 Å². The number of thioether (sulfide) groups is 1. The van der Waals surface area contributed by atoms with Crippen molar-refractivity contribution in [1.82, 2.24) is 5.32 Å². The summed E-state index contributed by atoms with van der Waals surface area (Å²) in [6.45, 7) is 9.92. The van der Waals surface area contributed by atoms with E-state index in [2.05, 4.69) is 31.0 Å². The van der Waals surface area contributed by atoms with Gasteiger partial charge >= 0.3 is 0 Å². The fraction of sp³-hybridized carbons (Fsp3) is 0.269. The molecule has 1 heterocycles. The van der Waals surface area contributed by atoms with Crippen LogP contribution in [0.1, 0.15) is 29.2 Å². The summed E-state index contributed by atoms with van der Waals surface area (Å²) >= 11 is 1.28. The van der Waals surface area contributed by atoms with Gasteiger partial charge in [-0.1, -0.05) is 55.1 Å². The Bertz CT molecular complexity index is 1110. The van der Waals surface area contributed by atoms with Crippen molar-refractivity contribution in [3.05, 3.63) is 88.0 Å². The number of hydrogen-bond donors (Lipinski definition) is 1. The lowest BCUT2D eigenvalue weighted by Crippen LogP contribution is -2.32. The van der Waals surface area contributed by atoms with Gasteiger partial charge in [0.25, 0.3) is 5.91 Å². The highest BCUT2D eigenvalue weighted by atomic mass is 32.2. The topological polar surface area (TPSA) is 73.2 Å². The van der Waals surface area contributed by atoms with Crippen LogP contribution in [0.15, 0.2) is 65.7 Å². The van der Waals surface area contributed by atoms with Gasteiger partial charge in [0.2, 0.25) is 5.91 Å². The van der Waals surface area contributed by atoms with Crippen molar-refractivity contribution < 1.29 is 9.59 Å². The Morgan fingerprint density at radius 1 is 1.19 bits per heavy atom. The van der Waals surface area contributed by atoms with E-state index in [9.17, 15) is 14.9 Å². The summed E-state index contributed by atoms with van der Waals surface area (Å²) in [5.41, 5.74) is 5.02. The number of benzene rings is 2. The van der Waals surface area contributed by atoms with Gasteiger partial charge in [0.15, 0.2) is 0 Å². The second-order valence-corrected chi connectivity index (χ2v) is 8.90. The summed E-state index contributed by atoms with van der Waals surface area (Å²) in [4.78, 5) is 27.7. The van der Waals surface area contributed by atoms with Crippen molar-refractivity contribution >= 4 is 29.3 Å². The number of carbonyl (C=O) groups is 2. The van der Waals surface area contributed by atoms with Crippen molar-refractivity contribution in [3.8, 4) is 6.07 Å². The van der Waals surface area contributed by atoms with Gasteiger partial charge in [0.1, 0.15) is 16.7 Å². The van der Waals surface area contributed by atoms with E-state index in [1.807, 2.05) is 50.2 Å². The third kappa shape index (κ3) is 4.95. The Balaban J connectivity index is 2.02. The zero-order valence-corrected chi connectivity index (χ0v) is 19.5. The van der Waals surface area contributed by atoms with E-state index in [1.54, 1.807) is 6.08 Å². The zero-order chi connectivity index (χ0) is 23.3.